The lowest BCUT2D eigenvalue weighted by molar-refractivity contribution is -0.143. The summed E-state index contributed by atoms with van der Waals surface area (Å²) in [6.07, 6.45) is 2.04. The first kappa shape index (κ1) is 29.2. The minimum atomic E-state index is -0.254. The number of rotatable bonds is 14. The van der Waals surface area contributed by atoms with E-state index >= 15 is 0 Å². The van der Waals surface area contributed by atoms with Crippen LogP contribution in [0.25, 0.3) is 11.0 Å². The molecular weight excluding hydrogens is 506 g/mol. The fraction of sp³-hybridized carbons (Fsp3) is 0.406. The Kier molecular flexibility index (Phi) is 10.3. The molecule has 1 unspecified atom stereocenters. The largest absolute Gasteiger partial charge is 0.497 e. The molecule has 1 N–H and O–H groups in total. The highest BCUT2D eigenvalue weighted by molar-refractivity contribution is 5.80. The third-order valence-corrected chi connectivity index (χ3v) is 7.32. The molecule has 0 bridgehead atoms. The van der Waals surface area contributed by atoms with Crippen LogP contribution in [0.3, 0.4) is 0 Å². The summed E-state index contributed by atoms with van der Waals surface area (Å²) in [6, 6.07) is 18.0. The van der Waals surface area contributed by atoms with Crippen LogP contribution >= 0.6 is 0 Å². The molecule has 4 rings (SSSR count). The van der Waals surface area contributed by atoms with E-state index in [9.17, 15) is 9.90 Å². The SMILES string of the molecule is CCOC(=O)CC(c1ccc(C)c(CO)c1)c1ccc2c(nnn2CCCCOCc2ccc(OC)cc2)c1C. The molecule has 0 amide bonds. The van der Waals surface area contributed by atoms with Crippen LogP contribution in [0.15, 0.2) is 54.6 Å². The Morgan fingerprint density at radius 1 is 1.05 bits per heavy atom. The number of hydrogen-bond acceptors (Lipinski definition) is 7. The lowest BCUT2D eigenvalue weighted by Gasteiger charge is -2.21. The van der Waals surface area contributed by atoms with Gasteiger partial charge in [-0.25, -0.2) is 4.68 Å². The predicted octanol–water partition coefficient (Wildman–Crippen LogP) is 5.63. The number of aromatic nitrogens is 3. The summed E-state index contributed by atoms with van der Waals surface area (Å²) in [5.74, 6) is 0.366. The van der Waals surface area contributed by atoms with E-state index in [1.807, 2.05) is 74.0 Å². The Labute approximate surface area is 235 Å². The van der Waals surface area contributed by atoms with Crippen LogP contribution in [-0.2, 0) is 34.0 Å². The van der Waals surface area contributed by atoms with Crippen LogP contribution in [0, 0.1) is 13.8 Å². The Morgan fingerprint density at radius 3 is 2.58 bits per heavy atom. The maximum Gasteiger partial charge on any atom is 0.306 e. The molecule has 1 aromatic heterocycles. The number of fused-ring (bicyclic) bond motifs is 1. The number of ether oxygens (including phenoxy) is 3. The standard InChI is InChI=1S/C32H39N3O5/c1-5-40-31(37)19-29(25-11-8-22(2)26(18-25)20-36)28-14-15-30-32(23(28)3)33-34-35(30)16-6-7-17-39-21-24-9-12-27(38-4)13-10-24/h8-15,18,29,36H,5-7,16-17,19-21H2,1-4H3. The second kappa shape index (κ2) is 14.1. The van der Waals surface area contributed by atoms with Gasteiger partial charge >= 0.3 is 5.97 Å². The molecule has 212 valence electrons. The molecule has 0 aliphatic carbocycles. The van der Waals surface area contributed by atoms with Gasteiger partial charge in [-0.1, -0.05) is 41.6 Å². The summed E-state index contributed by atoms with van der Waals surface area (Å²) in [7, 11) is 1.66. The molecule has 0 fully saturated rings. The normalized spacial score (nSPS) is 12.0. The number of benzene rings is 3. The number of unbranched alkanes of at least 4 members (excludes halogenated alkanes) is 1. The van der Waals surface area contributed by atoms with E-state index in [0.29, 0.717) is 19.8 Å². The molecule has 1 atom stereocenters. The molecule has 0 aliphatic rings. The van der Waals surface area contributed by atoms with Crippen molar-refractivity contribution in [3.05, 3.63) is 88.0 Å². The van der Waals surface area contributed by atoms with Crippen molar-refractivity contribution in [1.82, 2.24) is 15.0 Å². The van der Waals surface area contributed by atoms with Gasteiger partial charge in [-0.3, -0.25) is 4.79 Å². The number of methoxy groups -OCH3 is 1. The zero-order valence-corrected chi connectivity index (χ0v) is 23.9. The van der Waals surface area contributed by atoms with Gasteiger partial charge in [0.15, 0.2) is 0 Å². The lowest BCUT2D eigenvalue weighted by Crippen LogP contribution is -2.13. The van der Waals surface area contributed by atoms with Crippen LogP contribution < -0.4 is 4.74 Å². The van der Waals surface area contributed by atoms with Crippen molar-refractivity contribution in [2.45, 2.75) is 65.7 Å². The summed E-state index contributed by atoms with van der Waals surface area (Å²) >= 11 is 0. The molecule has 40 heavy (non-hydrogen) atoms. The van der Waals surface area contributed by atoms with Crippen LogP contribution in [0.5, 0.6) is 5.75 Å². The first-order valence-electron chi connectivity index (χ1n) is 13.8. The molecule has 1 heterocycles. The lowest BCUT2D eigenvalue weighted by atomic mass is 9.84. The molecule has 0 radical (unpaired) electrons. The quantitative estimate of drug-likeness (QED) is 0.162. The van der Waals surface area contributed by atoms with Crippen molar-refractivity contribution < 1.29 is 24.1 Å². The van der Waals surface area contributed by atoms with Crippen molar-refractivity contribution in [3.63, 3.8) is 0 Å². The van der Waals surface area contributed by atoms with Crippen molar-refractivity contribution in [2.24, 2.45) is 0 Å². The third kappa shape index (κ3) is 7.06. The second-order valence-electron chi connectivity index (χ2n) is 9.97. The number of carbonyl (C=O) groups excluding carboxylic acids is 1. The Balaban J connectivity index is 1.44. The summed E-state index contributed by atoms with van der Waals surface area (Å²) in [6.45, 7) is 8.08. The van der Waals surface area contributed by atoms with Crippen LogP contribution in [0.2, 0.25) is 0 Å². The number of nitrogens with zero attached hydrogens (tertiary/aromatic N) is 3. The highest BCUT2D eigenvalue weighted by Gasteiger charge is 2.23. The van der Waals surface area contributed by atoms with Gasteiger partial charge in [0.25, 0.3) is 0 Å². The minimum Gasteiger partial charge on any atom is -0.497 e. The van der Waals surface area contributed by atoms with E-state index in [1.165, 1.54) is 0 Å². The molecule has 0 aliphatic heterocycles. The molecule has 0 saturated heterocycles. The fourth-order valence-electron chi connectivity index (χ4n) is 4.98. The summed E-state index contributed by atoms with van der Waals surface area (Å²) in [5, 5.41) is 18.8. The topological polar surface area (TPSA) is 95.7 Å². The Bertz CT molecular complexity index is 1410. The molecule has 0 spiro atoms. The fourth-order valence-corrected chi connectivity index (χ4v) is 4.98. The first-order chi connectivity index (χ1) is 19.4. The van der Waals surface area contributed by atoms with Gasteiger partial charge in [0.1, 0.15) is 11.3 Å². The molecule has 0 saturated carbocycles. The van der Waals surface area contributed by atoms with Crippen molar-refractivity contribution in [3.8, 4) is 5.75 Å². The van der Waals surface area contributed by atoms with Gasteiger partial charge in [0, 0.05) is 19.1 Å². The average molecular weight is 546 g/mol. The van der Waals surface area contributed by atoms with Crippen LogP contribution in [-0.4, -0.2) is 46.4 Å². The number of aliphatic hydroxyl groups excluding tert-OH is 1. The summed E-state index contributed by atoms with van der Waals surface area (Å²) in [5.41, 5.74) is 7.75. The van der Waals surface area contributed by atoms with E-state index in [0.717, 1.165) is 69.6 Å². The zero-order valence-electron chi connectivity index (χ0n) is 23.9. The molecule has 8 nitrogen and oxygen atoms in total. The van der Waals surface area contributed by atoms with Crippen molar-refractivity contribution in [2.75, 3.05) is 20.3 Å². The zero-order chi connectivity index (χ0) is 28.5. The van der Waals surface area contributed by atoms with E-state index < -0.39 is 0 Å². The summed E-state index contributed by atoms with van der Waals surface area (Å²) in [4.78, 5) is 12.6. The van der Waals surface area contributed by atoms with Gasteiger partial charge < -0.3 is 19.3 Å². The van der Waals surface area contributed by atoms with Crippen LogP contribution in [0.4, 0.5) is 0 Å². The number of carbonyl (C=O) groups is 1. The van der Waals surface area contributed by atoms with Gasteiger partial charge in [-0.15, -0.1) is 5.10 Å². The molecule has 4 aromatic rings. The predicted molar refractivity (Wildman–Crippen MR) is 154 cm³/mol. The number of aryl methyl sites for hydroxylation is 3. The monoisotopic (exact) mass is 545 g/mol. The second-order valence-corrected chi connectivity index (χ2v) is 9.97. The van der Waals surface area contributed by atoms with E-state index in [2.05, 4.69) is 16.4 Å². The summed E-state index contributed by atoms with van der Waals surface area (Å²) < 4.78 is 18.3. The third-order valence-electron chi connectivity index (χ3n) is 7.32. The first-order valence-corrected chi connectivity index (χ1v) is 13.8. The van der Waals surface area contributed by atoms with Crippen LogP contribution in [0.1, 0.15) is 65.5 Å². The van der Waals surface area contributed by atoms with Gasteiger partial charge in [0.05, 0.1) is 38.9 Å². The van der Waals surface area contributed by atoms with Crippen molar-refractivity contribution >= 4 is 17.0 Å². The van der Waals surface area contributed by atoms with E-state index in [1.54, 1.807) is 7.11 Å². The highest BCUT2D eigenvalue weighted by Crippen LogP contribution is 2.34. The maximum atomic E-state index is 12.6. The maximum absolute atomic E-state index is 12.6. The van der Waals surface area contributed by atoms with E-state index in [4.69, 9.17) is 14.2 Å². The van der Waals surface area contributed by atoms with Gasteiger partial charge in [-0.05, 0) is 85.2 Å². The van der Waals surface area contributed by atoms with E-state index in [-0.39, 0.29) is 24.9 Å². The van der Waals surface area contributed by atoms with Gasteiger partial charge in [-0.2, -0.15) is 0 Å². The Morgan fingerprint density at radius 2 is 1.85 bits per heavy atom. The average Bonchev–Trinajstić information content (AvgIpc) is 3.38. The number of esters is 1. The minimum absolute atomic E-state index is 0.0509. The van der Waals surface area contributed by atoms with Gasteiger partial charge in [0.2, 0.25) is 0 Å². The number of aliphatic hydroxyl groups is 1. The molecular formula is C32H39N3O5. The number of hydrogen-bond donors (Lipinski definition) is 1. The molecule has 3 aromatic carbocycles. The van der Waals surface area contributed by atoms with Crippen molar-refractivity contribution in [1.29, 1.82) is 0 Å². The Hall–Kier alpha value is -3.75. The molecule has 8 heteroatoms. The smallest absolute Gasteiger partial charge is 0.306 e. The highest BCUT2D eigenvalue weighted by atomic mass is 16.5.